The Kier molecular flexibility index (Phi) is 4.97. The van der Waals surface area contributed by atoms with Crippen molar-refractivity contribution in [3.8, 4) is 0 Å². The van der Waals surface area contributed by atoms with Gasteiger partial charge in [0.25, 0.3) is 10.0 Å². The lowest BCUT2D eigenvalue weighted by Crippen LogP contribution is -2.38. The first-order valence-electron chi connectivity index (χ1n) is 8.60. The Bertz CT molecular complexity index is 1120. The molecule has 0 saturated carbocycles. The van der Waals surface area contributed by atoms with E-state index >= 15 is 0 Å². The fourth-order valence-electron chi connectivity index (χ4n) is 2.96. The molecular formula is C20H17N3O3S2. The minimum atomic E-state index is -3.98. The Morgan fingerprint density at radius 3 is 2.61 bits per heavy atom. The van der Waals surface area contributed by atoms with E-state index in [0.717, 1.165) is 11.3 Å². The molecule has 0 saturated heterocycles. The van der Waals surface area contributed by atoms with Crippen molar-refractivity contribution in [2.24, 2.45) is 0 Å². The summed E-state index contributed by atoms with van der Waals surface area (Å²) >= 11 is 1.25. The summed E-state index contributed by atoms with van der Waals surface area (Å²) < 4.78 is 27.7. The van der Waals surface area contributed by atoms with E-state index < -0.39 is 15.8 Å². The van der Waals surface area contributed by atoms with Crippen LogP contribution in [0.15, 0.2) is 77.3 Å². The molecule has 4 rings (SSSR count). The Morgan fingerprint density at radius 1 is 1.07 bits per heavy atom. The van der Waals surface area contributed by atoms with Crippen LogP contribution in [0.25, 0.3) is 0 Å². The molecule has 0 atom stereocenters. The van der Waals surface area contributed by atoms with Gasteiger partial charge >= 0.3 is 0 Å². The zero-order valence-electron chi connectivity index (χ0n) is 14.8. The van der Waals surface area contributed by atoms with Crippen molar-refractivity contribution in [2.45, 2.75) is 13.1 Å². The van der Waals surface area contributed by atoms with Crippen LogP contribution in [-0.2, 0) is 23.1 Å². The number of nitrogens with one attached hydrogen (secondary N) is 1. The van der Waals surface area contributed by atoms with E-state index in [1.54, 1.807) is 23.7 Å². The molecule has 1 aromatic carbocycles. The third-order valence-electron chi connectivity index (χ3n) is 4.32. The standard InChI is InChI=1S/C20H17N3O3S2/c24-19-18(13-21-12-16-8-4-5-10-22-16)28(25,26)23(17-9-11-27-20(17)19)14-15-6-2-1-3-7-15/h1-11,13,21H,12,14H2/b18-13-. The lowest BCUT2D eigenvalue weighted by atomic mass is 10.2. The number of carbonyl (C=O) groups is 1. The van der Waals surface area contributed by atoms with E-state index in [0.29, 0.717) is 17.1 Å². The lowest BCUT2D eigenvalue weighted by molar-refractivity contribution is 0.104. The number of rotatable bonds is 5. The molecule has 0 amide bonds. The number of pyridine rings is 1. The van der Waals surface area contributed by atoms with Crippen LogP contribution in [0.1, 0.15) is 20.9 Å². The Morgan fingerprint density at radius 2 is 1.86 bits per heavy atom. The first kappa shape index (κ1) is 18.4. The number of ketones is 1. The van der Waals surface area contributed by atoms with Gasteiger partial charge in [-0.1, -0.05) is 36.4 Å². The Balaban J connectivity index is 1.67. The van der Waals surface area contributed by atoms with Crippen molar-refractivity contribution >= 4 is 32.8 Å². The second kappa shape index (κ2) is 7.57. The van der Waals surface area contributed by atoms with Gasteiger partial charge in [-0.3, -0.25) is 14.1 Å². The van der Waals surface area contributed by atoms with Crippen molar-refractivity contribution in [1.29, 1.82) is 0 Å². The number of hydrogen-bond acceptors (Lipinski definition) is 6. The quantitative estimate of drug-likeness (QED) is 0.652. The second-order valence-corrected chi connectivity index (χ2v) is 8.92. The molecule has 0 aliphatic carbocycles. The molecule has 0 spiro atoms. The van der Waals surface area contributed by atoms with Crippen LogP contribution in [0, 0.1) is 0 Å². The van der Waals surface area contributed by atoms with Gasteiger partial charge in [0.15, 0.2) is 4.91 Å². The molecule has 0 fully saturated rings. The smallest absolute Gasteiger partial charge is 0.270 e. The number of benzene rings is 1. The van der Waals surface area contributed by atoms with E-state index in [1.807, 2.05) is 42.5 Å². The summed E-state index contributed by atoms with van der Waals surface area (Å²) in [7, 11) is -3.98. The zero-order chi connectivity index (χ0) is 19.6. The lowest BCUT2D eigenvalue weighted by Gasteiger charge is -2.29. The zero-order valence-corrected chi connectivity index (χ0v) is 16.4. The SMILES string of the molecule is O=C1/C(=C/NCc2ccccn2)S(=O)(=O)N(Cc2ccccc2)c2ccsc21. The number of Topliss-reactive ketones (excluding diaryl/α,β-unsaturated/α-hetero) is 1. The van der Waals surface area contributed by atoms with Crippen LogP contribution in [0.4, 0.5) is 5.69 Å². The predicted octanol–water partition coefficient (Wildman–Crippen LogP) is 3.31. The minimum Gasteiger partial charge on any atom is -0.384 e. The van der Waals surface area contributed by atoms with E-state index in [1.165, 1.54) is 21.8 Å². The topological polar surface area (TPSA) is 79.4 Å². The number of anilines is 1. The molecule has 8 heteroatoms. The maximum Gasteiger partial charge on any atom is 0.270 e. The Hall–Kier alpha value is -2.97. The number of allylic oxidation sites excluding steroid dienone is 1. The molecule has 3 heterocycles. The summed E-state index contributed by atoms with van der Waals surface area (Å²) in [5, 5.41) is 4.65. The van der Waals surface area contributed by atoms with Gasteiger partial charge in [0.2, 0.25) is 5.78 Å². The highest BCUT2D eigenvalue weighted by molar-refractivity contribution is 7.97. The minimum absolute atomic E-state index is 0.164. The van der Waals surface area contributed by atoms with Gasteiger partial charge in [0, 0.05) is 12.4 Å². The molecule has 3 aromatic rings. The average Bonchev–Trinajstić information content (AvgIpc) is 3.19. The van der Waals surface area contributed by atoms with Crippen LogP contribution < -0.4 is 9.62 Å². The number of thiophene rings is 1. The van der Waals surface area contributed by atoms with Gasteiger partial charge < -0.3 is 5.32 Å². The van der Waals surface area contributed by atoms with Gasteiger partial charge in [0.05, 0.1) is 24.5 Å². The summed E-state index contributed by atoms with van der Waals surface area (Å²) in [6.07, 6.45) is 2.94. The number of carbonyl (C=O) groups excluding carboxylic acids is 1. The maximum atomic E-state index is 13.2. The number of aromatic nitrogens is 1. The number of hydrogen-bond donors (Lipinski definition) is 1. The van der Waals surface area contributed by atoms with Crippen molar-refractivity contribution in [3.63, 3.8) is 0 Å². The number of nitrogens with zero attached hydrogens (tertiary/aromatic N) is 2. The second-order valence-electron chi connectivity index (χ2n) is 6.17. The van der Waals surface area contributed by atoms with Gasteiger partial charge in [-0.2, -0.15) is 0 Å². The average molecular weight is 412 g/mol. The molecule has 0 unspecified atom stereocenters. The normalized spacial score (nSPS) is 16.8. The first-order chi connectivity index (χ1) is 13.6. The van der Waals surface area contributed by atoms with Crippen molar-refractivity contribution < 1.29 is 13.2 Å². The molecule has 0 radical (unpaired) electrons. The largest absolute Gasteiger partial charge is 0.384 e. The predicted molar refractivity (Wildman–Crippen MR) is 109 cm³/mol. The maximum absolute atomic E-state index is 13.2. The third kappa shape index (κ3) is 3.44. The van der Waals surface area contributed by atoms with Gasteiger partial charge in [-0.05, 0) is 29.1 Å². The fourth-order valence-corrected chi connectivity index (χ4v) is 5.46. The summed E-state index contributed by atoms with van der Waals surface area (Å²) in [6.45, 7) is 0.487. The molecule has 28 heavy (non-hydrogen) atoms. The van der Waals surface area contributed by atoms with Crippen molar-refractivity contribution in [3.05, 3.63) is 93.4 Å². The Labute approximate surface area is 167 Å². The molecule has 1 N–H and O–H groups in total. The molecule has 1 aliphatic heterocycles. The first-order valence-corrected chi connectivity index (χ1v) is 10.9. The number of fused-ring (bicyclic) bond motifs is 1. The third-order valence-corrected chi connectivity index (χ3v) is 6.99. The number of sulfonamides is 1. The van der Waals surface area contributed by atoms with Crippen LogP contribution in [0.3, 0.4) is 0 Å². The highest BCUT2D eigenvalue weighted by Gasteiger charge is 2.41. The summed E-state index contributed by atoms with van der Waals surface area (Å²) in [5.41, 5.74) is 2.03. The highest BCUT2D eigenvalue weighted by atomic mass is 32.2. The van der Waals surface area contributed by atoms with Crippen molar-refractivity contribution in [1.82, 2.24) is 10.3 Å². The van der Waals surface area contributed by atoms with Crippen LogP contribution in [0.2, 0.25) is 0 Å². The monoisotopic (exact) mass is 411 g/mol. The van der Waals surface area contributed by atoms with Gasteiger partial charge in [-0.25, -0.2) is 8.42 Å². The molecular weight excluding hydrogens is 394 g/mol. The summed E-state index contributed by atoms with van der Waals surface area (Å²) in [6, 6.07) is 16.5. The summed E-state index contributed by atoms with van der Waals surface area (Å²) in [5.74, 6) is -0.483. The van der Waals surface area contributed by atoms with Gasteiger partial charge in [-0.15, -0.1) is 11.3 Å². The highest BCUT2D eigenvalue weighted by Crippen LogP contribution is 2.39. The van der Waals surface area contributed by atoms with E-state index in [-0.39, 0.29) is 11.4 Å². The molecule has 2 aromatic heterocycles. The van der Waals surface area contributed by atoms with Crippen LogP contribution in [0.5, 0.6) is 0 Å². The van der Waals surface area contributed by atoms with Crippen LogP contribution in [-0.4, -0.2) is 19.2 Å². The molecule has 6 nitrogen and oxygen atoms in total. The summed E-state index contributed by atoms with van der Waals surface area (Å²) in [4.78, 5) is 17.2. The fraction of sp³-hybridized carbons (Fsp3) is 0.100. The van der Waals surface area contributed by atoms with Gasteiger partial charge in [0.1, 0.15) is 4.88 Å². The molecule has 1 aliphatic rings. The molecule has 142 valence electrons. The van der Waals surface area contributed by atoms with Crippen LogP contribution >= 0.6 is 11.3 Å². The molecule has 0 bridgehead atoms. The van der Waals surface area contributed by atoms with E-state index in [9.17, 15) is 13.2 Å². The van der Waals surface area contributed by atoms with Crippen molar-refractivity contribution in [2.75, 3.05) is 4.31 Å². The van der Waals surface area contributed by atoms with E-state index in [2.05, 4.69) is 10.3 Å². The van der Waals surface area contributed by atoms with E-state index in [4.69, 9.17) is 0 Å².